The van der Waals surface area contributed by atoms with Crippen molar-refractivity contribution in [3.05, 3.63) is 46.3 Å². The van der Waals surface area contributed by atoms with Crippen molar-refractivity contribution >= 4 is 44.8 Å². The Hall–Kier alpha value is -1.54. The first kappa shape index (κ1) is 14.9. The molecule has 20 heavy (non-hydrogen) atoms. The number of rotatable bonds is 3. The largest absolute Gasteiger partial charge is 0.452 e. The van der Waals surface area contributed by atoms with Crippen molar-refractivity contribution in [1.82, 2.24) is 0 Å². The molecule has 0 aliphatic heterocycles. The zero-order valence-electron chi connectivity index (χ0n) is 9.76. The molecule has 1 heterocycles. The van der Waals surface area contributed by atoms with E-state index < -0.39 is 15.9 Å². The molecule has 1 amide bonds. The van der Waals surface area contributed by atoms with Gasteiger partial charge in [0.1, 0.15) is 0 Å². The molecular formula is C11H8Cl2N2O4S. The van der Waals surface area contributed by atoms with Crippen LogP contribution in [0.5, 0.6) is 0 Å². The Balaban J connectivity index is 2.34. The van der Waals surface area contributed by atoms with E-state index in [9.17, 15) is 13.2 Å². The summed E-state index contributed by atoms with van der Waals surface area (Å²) in [5, 5.41) is 7.51. The number of carbonyl (C=O) groups is 1. The van der Waals surface area contributed by atoms with Crippen LogP contribution in [-0.2, 0) is 10.0 Å². The van der Waals surface area contributed by atoms with Gasteiger partial charge in [-0.05, 0) is 35.9 Å². The quantitative estimate of drug-likeness (QED) is 0.899. The number of hydrogen-bond acceptors (Lipinski definition) is 4. The van der Waals surface area contributed by atoms with Crippen molar-refractivity contribution in [2.75, 3.05) is 5.32 Å². The smallest absolute Gasteiger partial charge is 0.260 e. The van der Waals surface area contributed by atoms with Gasteiger partial charge in [0, 0.05) is 0 Å². The molecule has 2 rings (SSSR count). The second kappa shape index (κ2) is 5.45. The summed E-state index contributed by atoms with van der Waals surface area (Å²) in [4.78, 5) is 11.7. The first-order valence-electron chi connectivity index (χ1n) is 5.16. The molecule has 2 aromatic rings. The van der Waals surface area contributed by atoms with Gasteiger partial charge in [-0.25, -0.2) is 13.6 Å². The number of carbonyl (C=O) groups excluding carboxylic acids is 1. The molecule has 106 valence electrons. The zero-order chi connectivity index (χ0) is 14.9. The van der Waals surface area contributed by atoms with Crippen LogP contribution in [-0.4, -0.2) is 14.3 Å². The fourth-order valence-electron chi connectivity index (χ4n) is 1.42. The highest BCUT2D eigenvalue weighted by Crippen LogP contribution is 2.26. The Kier molecular flexibility index (Phi) is 4.05. The van der Waals surface area contributed by atoms with E-state index in [4.69, 9.17) is 32.8 Å². The van der Waals surface area contributed by atoms with Crippen LogP contribution in [0.25, 0.3) is 0 Å². The number of benzene rings is 1. The molecule has 0 aliphatic carbocycles. The average molecular weight is 335 g/mol. The minimum Gasteiger partial charge on any atom is -0.452 e. The number of halogens is 2. The van der Waals surface area contributed by atoms with E-state index in [1.165, 1.54) is 24.5 Å². The lowest BCUT2D eigenvalue weighted by Gasteiger charge is -2.08. The number of anilines is 1. The van der Waals surface area contributed by atoms with Crippen molar-refractivity contribution in [2.45, 2.75) is 4.90 Å². The minimum absolute atomic E-state index is 0.0822. The third kappa shape index (κ3) is 3.13. The Labute approximate surface area is 124 Å². The highest BCUT2D eigenvalue weighted by atomic mass is 35.5. The lowest BCUT2D eigenvalue weighted by molar-refractivity contribution is 0.102. The third-order valence-electron chi connectivity index (χ3n) is 2.38. The van der Waals surface area contributed by atoms with E-state index in [1.54, 1.807) is 0 Å². The molecule has 0 atom stereocenters. The van der Waals surface area contributed by atoms with Crippen LogP contribution >= 0.6 is 23.2 Å². The van der Waals surface area contributed by atoms with Crippen molar-refractivity contribution in [3.63, 3.8) is 0 Å². The van der Waals surface area contributed by atoms with Crippen LogP contribution in [0.15, 0.2) is 39.8 Å². The van der Waals surface area contributed by atoms with Gasteiger partial charge in [-0.15, -0.1) is 0 Å². The SMILES string of the molecule is NS(=O)(=O)c1ccc(Cl)c(NC(=O)c2ccoc2Cl)c1. The summed E-state index contributed by atoms with van der Waals surface area (Å²) in [6, 6.07) is 5.07. The van der Waals surface area contributed by atoms with Crippen LogP contribution < -0.4 is 10.5 Å². The predicted octanol–water partition coefficient (Wildman–Crippen LogP) is 2.49. The summed E-state index contributed by atoms with van der Waals surface area (Å²) >= 11 is 11.6. The highest BCUT2D eigenvalue weighted by molar-refractivity contribution is 7.89. The maximum absolute atomic E-state index is 11.9. The molecule has 0 unspecified atom stereocenters. The molecule has 0 radical (unpaired) electrons. The molecule has 0 saturated carbocycles. The van der Waals surface area contributed by atoms with Crippen LogP contribution in [0, 0.1) is 0 Å². The Bertz CT molecular complexity index is 770. The predicted molar refractivity (Wildman–Crippen MR) is 74.5 cm³/mol. The molecule has 1 aromatic heterocycles. The maximum atomic E-state index is 11.9. The van der Waals surface area contributed by atoms with E-state index in [0.717, 1.165) is 6.07 Å². The maximum Gasteiger partial charge on any atom is 0.260 e. The number of hydrogen-bond donors (Lipinski definition) is 2. The fourth-order valence-corrected chi connectivity index (χ4v) is 2.33. The Morgan fingerprint density at radius 3 is 2.50 bits per heavy atom. The number of nitrogens with two attached hydrogens (primary N) is 1. The molecule has 0 fully saturated rings. The second-order valence-corrected chi connectivity index (χ2v) is 6.06. The van der Waals surface area contributed by atoms with Crippen LogP contribution in [0.4, 0.5) is 5.69 Å². The number of sulfonamides is 1. The van der Waals surface area contributed by atoms with Gasteiger partial charge in [-0.3, -0.25) is 4.79 Å². The molecule has 1 aromatic carbocycles. The van der Waals surface area contributed by atoms with E-state index in [1.807, 2.05) is 0 Å². The fraction of sp³-hybridized carbons (Fsp3) is 0. The van der Waals surface area contributed by atoms with Gasteiger partial charge < -0.3 is 9.73 Å². The Morgan fingerprint density at radius 2 is 1.95 bits per heavy atom. The van der Waals surface area contributed by atoms with E-state index >= 15 is 0 Å². The summed E-state index contributed by atoms with van der Waals surface area (Å²) in [7, 11) is -3.89. The lowest BCUT2D eigenvalue weighted by atomic mass is 10.2. The van der Waals surface area contributed by atoms with Crippen molar-refractivity contribution in [2.24, 2.45) is 5.14 Å². The number of primary sulfonamides is 1. The Morgan fingerprint density at radius 1 is 1.25 bits per heavy atom. The van der Waals surface area contributed by atoms with Gasteiger partial charge in [0.15, 0.2) is 0 Å². The highest BCUT2D eigenvalue weighted by Gasteiger charge is 2.16. The van der Waals surface area contributed by atoms with Crippen molar-refractivity contribution in [3.8, 4) is 0 Å². The topological polar surface area (TPSA) is 102 Å². The molecule has 0 saturated heterocycles. The van der Waals surface area contributed by atoms with Gasteiger partial charge in [0.05, 0.1) is 27.4 Å². The van der Waals surface area contributed by atoms with Crippen molar-refractivity contribution in [1.29, 1.82) is 0 Å². The van der Waals surface area contributed by atoms with Crippen LogP contribution in [0.3, 0.4) is 0 Å². The second-order valence-electron chi connectivity index (χ2n) is 3.75. The molecular weight excluding hydrogens is 327 g/mol. The first-order chi connectivity index (χ1) is 9.29. The number of amides is 1. The summed E-state index contributed by atoms with van der Waals surface area (Å²) in [5.41, 5.74) is 0.198. The molecule has 3 N–H and O–H groups in total. The van der Waals surface area contributed by atoms with Gasteiger partial charge in [-0.2, -0.15) is 0 Å². The van der Waals surface area contributed by atoms with E-state index in [2.05, 4.69) is 5.32 Å². The number of furan rings is 1. The van der Waals surface area contributed by atoms with Crippen LogP contribution in [0.2, 0.25) is 10.2 Å². The normalized spacial score (nSPS) is 11.3. The molecule has 6 nitrogen and oxygen atoms in total. The van der Waals surface area contributed by atoms with E-state index in [-0.39, 0.29) is 26.4 Å². The van der Waals surface area contributed by atoms with Crippen molar-refractivity contribution < 1.29 is 17.6 Å². The minimum atomic E-state index is -3.89. The molecule has 0 aliphatic rings. The summed E-state index contributed by atoms with van der Waals surface area (Å²) in [6.07, 6.45) is 1.25. The molecule has 0 spiro atoms. The summed E-state index contributed by atoms with van der Waals surface area (Å²) < 4.78 is 27.3. The van der Waals surface area contributed by atoms with E-state index in [0.29, 0.717) is 0 Å². The van der Waals surface area contributed by atoms with Crippen LogP contribution in [0.1, 0.15) is 10.4 Å². The zero-order valence-corrected chi connectivity index (χ0v) is 12.1. The monoisotopic (exact) mass is 334 g/mol. The molecule has 9 heteroatoms. The lowest BCUT2D eigenvalue weighted by Crippen LogP contribution is -2.15. The molecule has 0 bridgehead atoms. The number of nitrogens with one attached hydrogen (secondary N) is 1. The average Bonchev–Trinajstić information content (AvgIpc) is 2.77. The van der Waals surface area contributed by atoms with Gasteiger partial charge in [0.25, 0.3) is 5.91 Å². The third-order valence-corrected chi connectivity index (χ3v) is 3.91. The van der Waals surface area contributed by atoms with Gasteiger partial charge in [-0.1, -0.05) is 11.6 Å². The standard InChI is InChI=1S/C11H8Cl2N2O4S/c12-8-2-1-6(20(14,17)18)5-9(8)15-11(16)7-3-4-19-10(7)13/h1-5H,(H,15,16)(H2,14,17,18). The first-order valence-corrected chi connectivity index (χ1v) is 7.46. The summed E-state index contributed by atoms with van der Waals surface area (Å²) in [6.45, 7) is 0. The van der Waals surface area contributed by atoms with Gasteiger partial charge >= 0.3 is 0 Å². The summed E-state index contributed by atoms with van der Waals surface area (Å²) in [5.74, 6) is -0.586. The van der Waals surface area contributed by atoms with Gasteiger partial charge in [0.2, 0.25) is 15.2 Å².